The third-order valence-electron chi connectivity index (χ3n) is 3.68. The van der Waals surface area contributed by atoms with Gasteiger partial charge in [-0.05, 0) is 45.7 Å². The number of ether oxygens (including phenoxy) is 1. The average molecular weight is 275 g/mol. The minimum Gasteiger partial charge on any atom is -0.490 e. The Bertz CT molecular complexity index is 462. The fourth-order valence-electron chi connectivity index (χ4n) is 2.69. The third kappa shape index (κ3) is 3.99. The van der Waals surface area contributed by atoms with Gasteiger partial charge in [-0.2, -0.15) is 0 Å². The van der Waals surface area contributed by atoms with Crippen molar-refractivity contribution < 1.29 is 9.53 Å². The predicted octanol–water partition coefficient (Wildman–Crippen LogP) is 3.84. The highest BCUT2D eigenvalue weighted by molar-refractivity contribution is 5.97. The van der Waals surface area contributed by atoms with Gasteiger partial charge in [0.2, 0.25) is 0 Å². The molecule has 0 bridgehead atoms. The molecule has 0 heterocycles. The zero-order chi connectivity index (χ0) is 14.5. The Morgan fingerprint density at radius 3 is 2.60 bits per heavy atom. The van der Waals surface area contributed by atoms with E-state index >= 15 is 0 Å². The maximum Gasteiger partial charge on any atom is 0.255 e. The molecule has 3 nitrogen and oxygen atoms in total. The first-order valence-corrected chi connectivity index (χ1v) is 7.64. The molecule has 0 aliphatic heterocycles. The normalized spacial score (nSPS) is 16.2. The number of carbonyl (C=O) groups is 1. The van der Waals surface area contributed by atoms with Crippen LogP contribution in [-0.4, -0.2) is 18.1 Å². The molecule has 2 rings (SSSR count). The minimum absolute atomic E-state index is 0.00347. The lowest BCUT2D eigenvalue weighted by molar-refractivity contribution is 0.0922. The molecular formula is C17H25NO2. The zero-order valence-electron chi connectivity index (χ0n) is 12.7. The summed E-state index contributed by atoms with van der Waals surface area (Å²) in [5.74, 6) is 0.676. The van der Waals surface area contributed by atoms with Crippen molar-refractivity contribution >= 4 is 5.91 Å². The van der Waals surface area contributed by atoms with Crippen molar-refractivity contribution in [1.82, 2.24) is 5.32 Å². The highest BCUT2D eigenvalue weighted by Gasteiger charge is 2.19. The van der Waals surface area contributed by atoms with E-state index in [1.165, 1.54) is 19.3 Å². The number of nitrogens with one attached hydrogen (secondary N) is 1. The molecule has 0 radical (unpaired) electrons. The van der Waals surface area contributed by atoms with E-state index in [2.05, 4.69) is 5.32 Å². The number of carbonyl (C=O) groups excluding carboxylic acids is 1. The van der Waals surface area contributed by atoms with Crippen LogP contribution >= 0.6 is 0 Å². The van der Waals surface area contributed by atoms with Gasteiger partial charge in [0.25, 0.3) is 5.91 Å². The first-order chi connectivity index (χ1) is 9.56. The zero-order valence-corrected chi connectivity index (χ0v) is 12.7. The van der Waals surface area contributed by atoms with Gasteiger partial charge in [0.05, 0.1) is 11.7 Å². The van der Waals surface area contributed by atoms with Crippen molar-refractivity contribution in [3.05, 3.63) is 29.3 Å². The van der Waals surface area contributed by atoms with Crippen LogP contribution in [0.25, 0.3) is 0 Å². The van der Waals surface area contributed by atoms with Crippen LogP contribution in [0.3, 0.4) is 0 Å². The van der Waals surface area contributed by atoms with Crippen LogP contribution in [0.1, 0.15) is 61.9 Å². The monoisotopic (exact) mass is 275 g/mol. The lowest BCUT2D eigenvalue weighted by Crippen LogP contribution is -2.36. The third-order valence-corrected chi connectivity index (χ3v) is 3.68. The van der Waals surface area contributed by atoms with Crippen LogP contribution in [0.2, 0.25) is 0 Å². The lowest BCUT2D eigenvalue weighted by atomic mass is 9.95. The smallest absolute Gasteiger partial charge is 0.255 e. The fraction of sp³-hybridized carbons (Fsp3) is 0.588. The summed E-state index contributed by atoms with van der Waals surface area (Å²) in [6.07, 6.45) is 5.98. The topological polar surface area (TPSA) is 38.3 Å². The molecule has 1 N–H and O–H groups in total. The molecule has 1 aromatic rings. The second-order valence-electron chi connectivity index (χ2n) is 5.97. The van der Waals surface area contributed by atoms with Gasteiger partial charge >= 0.3 is 0 Å². The lowest BCUT2D eigenvalue weighted by Gasteiger charge is -2.23. The van der Waals surface area contributed by atoms with Crippen molar-refractivity contribution in [3.63, 3.8) is 0 Å². The van der Waals surface area contributed by atoms with Crippen LogP contribution in [0.5, 0.6) is 5.75 Å². The molecule has 1 aliphatic carbocycles. The number of rotatable bonds is 4. The molecule has 3 heteroatoms. The number of hydrogen-bond acceptors (Lipinski definition) is 2. The molecule has 1 aromatic carbocycles. The highest BCUT2D eigenvalue weighted by Crippen LogP contribution is 2.23. The second kappa shape index (κ2) is 6.78. The molecule has 1 amide bonds. The summed E-state index contributed by atoms with van der Waals surface area (Å²) in [6.45, 7) is 5.95. The van der Waals surface area contributed by atoms with Gasteiger partial charge < -0.3 is 10.1 Å². The van der Waals surface area contributed by atoms with Crippen molar-refractivity contribution in [2.45, 2.75) is 65.0 Å². The Morgan fingerprint density at radius 1 is 1.25 bits per heavy atom. The van der Waals surface area contributed by atoms with E-state index in [4.69, 9.17) is 4.74 Å². The van der Waals surface area contributed by atoms with Crippen LogP contribution in [0, 0.1) is 6.92 Å². The van der Waals surface area contributed by atoms with Gasteiger partial charge in [-0.15, -0.1) is 0 Å². The highest BCUT2D eigenvalue weighted by atomic mass is 16.5. The molecule has 0 spiro atoms. The van der Waals surface area contributed by atoms with Gasteiger partial charge in [0, 0.05) is 6.04 Å². The van der Waals surface area contributed by atoms with Crippen LogP contribution < -0.4 is 10.1 Å². The van der Waals surface area contributed by atoms with Crippen molar-refractivity contribution in [2.75, 3.05) is 0 Å². The van der Waals surface area contributed by atoms with E-state index in [-0.39, 0.29) is 12.0 Å². The Hall–Kier alpha value is -1.51. The molecular weight excluding hydrogens is 250 g/mol. The quantitative estimate of drug-likeness (QED) is 0.906. The van der Waals surface area contributed by atoms with E-state index in [0.717, 1.165) is 18.4 Å². The molecule has 0 unspecified atom stereocenters. The summed E-state index contributed by atoms with van der Waals surface area (Å²) < 4.78 is 5.75. The van der Waals surface area contributed by atoms with Crippen LogP contribution in [0.4, 0.5) is 0 Å². The second-order valence-corrected chi connectivity index (χ2v) is 5.97. The average Bonchev–Trinajstić information content (AvgIpc) is 2.41. The Morgan fingerprint density at radius 2 is 1.95 bits per heavy atom. The molecule has 0 saturated heterocycles. The van der Waals surface area contributed by atoms with Gasteiger partial charge in [0.15, 0.2) is 0 Å². The van der Waals surface area contributed by atoms with E-state index in [1.54, 1.807) is 0 Å². The summed E-state index contributed by atoms with van der Waals surface area (Å²) >= 11 is 0. The summed E-state index contributed by atoms with van der Waals surface area (Å²) in [5, 5.41) is 3.16. The number of aryl methyl sites for hydroxylation is 1. The molecule has 110 valence electrons. The van der Waals surface area contributed by atoms with E-state index in [0.29, 0.717) is 17.4 Å². The number of hydrogen-bond donors (Lipinski definition) is 1. The van der Waals surface area contributed by atoms with Gasteiger partial charge in [-0.25, -0.2) is 0 Å². The fourth-order valence-corrected chi connectivity index (χ4v) is 2.69. The molecule has 1 saturated carbocycles. The van der Waals surface area contributed by atoms with E-state index in [9.17, 15) is 4.79 Å². The van der Waals surface area contributed by atoms with E-state index in [1.807, 2.05) is 39.0 Å². The van der Waals surface area contributed by atoms with E-state index < -0.39 is 0 Å². The predicted molar refractivity (Wildman–Crippen MR) is 81.3 cm³/mol. The standard InChI is InChI=1S/C17H25NO2/c1-12(2)20-16-10-9-13(3)11-15(16)17(19)18-14-7-5-4-6-8-14/h9-12,14H,4-8H2,1-3H3,(H,18,19). The molecule has 0 atom stereocenters. The van der Waals surface area contributed by atoms with Gasteiger partial charge in [-0.1, -0.05) is 30.9 Å². The van der Waals surface area contributed by atoms with Crippen LogP contribution in [-0.2, 0) is 0 Å². The molecule has 1 fully saturated rings. The summed E-state index contributed by atoms with van der Waals surface area (Å²) in [6, 6.07) is 6.11. The summed E-state index contributed by atoms with van der Waals surface area (Å²) in [7, 11) is 0. The van der Waals surface area contributed by atoms with Crippen molar-refractivity contribution in [1.29, 1.82) is 0 Å². The minimum atomic E-state index is -0.00347. The van der Waals surface area contributed by atoms with Crippen molar-refractivity contribution in [2.24, 2.45) is 0 Å². The SMILES string of the molecule is Cc1ccc(OC(C)C)c(C(=O)NC2CCCCC2)c1. The molecule has 0 aromatic heterocycles. The number of benzene rings is 1. The Balaban J connectivity index is 2.12. The number of amides is 1. The summed E-state index contributed by atoms with van der Waals surface area (Å²) in [5.41, 5.74) is 1.74. The largest absolute Gasteiger partial charge is 0.490 e. The molecule has 1 aliphatic rings. The maximum atomic E-state index is 12.5. The van der Waals surface area contributed by atoms with Crippen molar-refractivity contribution in [3.8, 4) is 5.75 Å². The summed E-state index contributed by atoms with van der Waals surface area (Å²) in [4.78, 5) is 12.5. The first kappa shape index (κ1) is 14.9. The van der Waals surface area contributed by atoms with Gasteiger partial charge in [-0.3, -0.25) is 4.79 Å². The Labute approximate surface area is 121 Å². The van der Waals surface area contributed by atoms with Gasteiger partial charge in [0.1, 0.15) is 5.75 Å². The molecule has 20 heavy (non-hydrogen) atoms. The first-order valence-electron chi connectivity index (χ1n) is 7.64. The Kier molecular flexibility index (Phi) is 5.05. The maximum absolute atomic E-state index is 12.5. The van der Waals surface area contributed by atoms with Crippen LogP contribution in [0.15, 0.2) is 18.2 Å².